The summed E-state index contributed by atoms with van der Waals surface area (Å²) < 4.78 is 61.2. The molecule has 1 aliphatic rings. The summed E-state index contributed by atoms with van der Waals surface area (Å²) in [6.45, 7) is 1.47. The van der Waals surface area contributed by atoms with Gasteiger partial charge >= 0.3 is 18.0 Å². The quantitative estimate of drug-likeness (QED) is 0.699. The lowest BCUT2D eigenvalue weighted by Gasteiger charge is -2.29. The molecule has 0 aromatic carbocycles. The molecule has 1 rings (SSSR count). The fourth-order valence-corrected chi connectivity index (χ4v) is 1.42. The summed E-state index contributed by atoms with van der Waals surface area (Å²) in [4.78, 5) is 11.5. The van der Waals surface area contributed by atoms with Crippen molar-refractivity contribution in [3.63, 3.8) is 0 Å². The standard InChI is InChI=1S/C9H12F5NO/c1-5(6-3-4-6)15(2)7(16)8(10,11)9(12,13)14/h5-6H,3-4H2,1-2H3. The summed E-state index contributed by atoms with van der Waals surface area (Å²) in [6.07, 6.45) is -4.31. The average Bonchev–Trinajstić information content (AvgIpc) is 2.95. The second-order valence-corrected chi connectivity index (χ2v) is 4.07. The maximum absolute atomic E-state index is 12.7. The smallest absolute Gasteiger partial charge is 0.337 e. The highest BCUT2D eigenvalue weighted by Gasteiger charge is 2.64. The van der Waals surface area contributed by atoms with Crippen molar-refractivity contribution in [1.29, 1.82) is 0 Å². The Morgan fingerprint density at radius 3 is 2.00 bits per heavy atom. The molecule has 0 aliphatic heterocycles. The molecule has 0 aromatic rings. The molecular formula is C9H12F5NO. The molecule has 1 aliphatic carbocycles. The Kier molecular flexibility index (Phi) is 3.17. The van der Waals surface area contributed by atoms with E-state index in [-0.39, 0.29) is 5.92 Å². The number of alkyl halides is 5. The van der Waals surface area contributed by atoms with Gasteiger partial charge in [0.15, 0.2) is 0 Å². The van der Waals surface area contributed by atoms with Gasteiger partial charge in [-0.05, 0) is 25.7 Å². The van der Waals surface area contributed by atoms with Gasteiger partial charge in [0.05, 0.1) is 0 Å². The van der Waals surface area contributed by atoms with Crippen molar-refractivity contribution < 1.29 is 26.7 Å². The molecule has 1 unspecified atom stereocenters. The number of rotatable bonds is 3. The number of carbonyl (C=O) groups excluding carboxylic acids is 1. The minimum absolute atomic E-state index is 0.0398. The Balaban J connectivity index is 2.76. The van der Waals surface area contributed by atoms with E-state index in [0.29, 0.717) is 4.90 Å². The third-order valence-corrected chi connectivity index (χ3v) is 2.86. The summed E-state index contributed by atoms with van der Waals surface area (Å²) in [7, 11) is 0.977. The Hall–Kier alpha value is -0.880. The molecule has 0 spiro atoms. The van der Waals surface area contributed by atoms with Crippen molar-refractivity contribution in [2.75, 3.05) is 7.05 Å². The summed E-state index contributed by atoms with van der Waals surface area (Å²) >= 11 is 0. The summed E-state index contributed by atoms with van der Waals surface area (Å²) in [5, 5.41) is 0. The minimum atomic E-state index is -5.83. The third kappa shape index (κ3) is 2.27. The lowest BCUT2D eigenvalue weighted by molar-refractivity contribution is -0.274. The predicted octanol–water partition coefficient (Wildman–Crippen LogP) is 2.44. The summed E-state index contributed by atoms with van der Waals surface area (Å²) in [6, 6.07) is -0.583. The maximum Gasteiger partial charge on any atom is 0.463 e. The number of hydrogen-bond donors (Lipinski definition) is 0. The first kappa shape index (κ1) is 13.2. The van der Waals surface area contributed by atoms with E-state index in [1.807, 2.05) is 0 Å². The molecule has 0 heterocycles. The number of nitrogens with zero attached hydrogens (tertiary/aromatic N) is 1. The van der Waals surface area contributed by atoms with Gasteiger partial charge in [-0.25, -0.2) is 0 Å². The highest BCUT2D eigenvalue weighted by Crippen LogP contribution is 2.39. The minimum Gasteiger partial charge on any atom is -0.337 e. The van der Waals surface area contributed by atoms with Gasteiger partial charge in [0, 0.05) is 13.1 Å². The van der Waals surface area contributed by atoms with Crippen LogP contribution >= 0.6 is 0 Å². The lowest BCUT2D eigenvalue weighted by Crippen LogP contribution is -2.53. The molecule has 94 valence electrons. The third-order valence-electron chi connectivity index (χ3n) is 2.86. The van der Waals surface area contributed by atoms with Gasteiger partial charge < -0.3 is 4.90 Å². The predicted molar refractivity (Wildman–Crippen MR) is 46.0 cm³/mol. The van der Waals surface area contributed by atoms with Crippen molar-refractivity contribution >= 4 is 5.91 Å². The van der Waals surface area contributed by atoms with Crippen LogP contribution in [0.5, 0.6) is 0 Å². The van der Waals surface area contributed by atoms with E-state index in [0.717, 1.165) is 19.9 Å². The van der Waals surface area contributed by atoms with Crippen LogP contribution in [0, 0.1) is 5.92 Å². The number of amides is 1. The fraction of sp³-hybridized carbons (Fsp3) is 0.889. The van der Waals surface area contributed by atoms with E-state index in [9.17, 15) is 26.7 Å². The van der Waals surface area contributed by atoms with E-state index in [1.54, 1.807) is 0 Å². The Bertz CT molecular complexity index is 284. The highest BCUT2D eigenvalue weighted by molar-refractivity contribution is 5.84. The van der Waals surface area contributed by atoms with Crippen LogP contribution in [0.3, 0.4) is 0 Å². The van der Waals surface area contributed by atoms with Crippen LogP contribution in [0.1, 0.15) is 19.8 Å². The van der Waals surface area contributed by atoms with Crippen LogP contribution in [0.2, 0.25) is 0 Å². The van der Waals surface area contributed by atoms with Crippen molar-refractivity contribution in [1.82, 2.24) is 4.90 Å². The van der Waals surface area contributed by atoms with Crippen molar-refractivity contribution in [3.8, 4) is 0 Å². The van der Waals surface area contributed by atoms with E-state index < -0.39 is 24.0 Å². The Morgan fingerprint density at radius 1 is 1.25 bits per heavy atom. The maximum atomic E-state index is 12.7. The molecular weight excluding hydrogens is 233 g/mol. The average molecular weight is 245 g/mol. The van der Waals surface area contributed by atoms with Gasteiger partial charge in [0.25, 0.3) is 0 Å². The zero-order valence-electron chi connectivity index (χ0n) is 8.81. The first-order valence-corrected chi connectivity index (χ1v) is 4.81. The lowest BCUT2D eigenvalue weighted by atomic mass is 10.1. The first-order valence-electron chi connectivity index (χ1n) is 4.81. The van der Waals surface area contributed by atoms with Crippen LogP contribution in [-0.2, 0) is 4.79 Å². The Morgan fingerprint density at radius 2 is 1.69 bits per heavy atom. The second-order valence-electron chi connectivity index (χ2n) is 4.07. The zero-order valence-corrected chi connectivity index (χ0v) is 8.81. The molecule has 1 atom stereocenters. The second kappa shape index (κ2) is 3.85. The molecule has 16 heavy (non-hydrogen) atoms. The van der Waals surface area contributed by atoms with Gasteiger partial charge in [0.1, 0.15) is 0 Å². The number of halogens is 5. The molecule has 0 bridgehead atoms. The molecule has 1 fully saturated rings. The van der Waals surface area contributed by atoms with Gasteiger partial charge in [-0.3, -0.25) is 4.79 Å². The van der Waals surface area contributed by atoms with Crippen LogP contribution < -0.4 is 0 Å². The SMILES string of the molecule is CC(C1CC1)N(C)C(=O)C(F)(F)C(F)(F)F. The summed E-state index contributed by atoms with van der Waals surface area (Å²) in [5.74, 6) is -7.44. The molecule has 0 aromatic heterocycles. The van der Waals surface area contributed by atoms with Gasteiger partial charge in [-0.1, -0.05) is 0 Å². The topological polar surface area (TPSA) is 20.3 Å². The van der Waals surface area contributed by atoms with Gasteiger partial charge in [-0.15, -0.1) is 0 Å². The van der Waals surface area contributed by atoms with Gasteiger partial charge in [-0.2, -0.15) is 22.0 Å². The van der Waals surface area contributed by atoms with E-state index in [2.05, 4.69) is 0 Å². The van der Waals surface area contributed by atoms with E-state index in [4.69, 9.17) is 0 Å². The van der Waals surface area contributed by atoms with Crippen molar-refractivity contribution in [3.05, 3.63) is 0 Å². The monoisotopic (exact) mass is 245 g/mol. The molecule has 1 saturated carbocycles. The van der Waals surface area contributed by atoms with Crippen LogP contribution in [-0.4, -0.2) is 36.0 Å². The van der Waals surface area contributed by atoms with Crippen LogP contribution in [0.25, 0.3) is 0 Å². The summed E-state index contributed by atoms with van der Waals surface area (Å²) in [5.41, 5.74) is 0. The van der Waals surface area contributed by atoms with Crippen LogP contribution in [0.4, 0.5) is 22.0 Å². The molecule has 1 amide bonds. The molecule has 0 saturated heterocycles. The molecule has 2 nitrogen and oxygen atoms in total. The molecule has 0 radical (unpaired) electrons. The van der Waals surface area contributed by atoms with E-state index >= 15 is 0 Å². The first-order chi connectivity index (χ1) is 7.09. The highest BCUT2D eigenvalue weighted by atomic mass is 19.4. The largest absolute Gasteiger partial charge is 0.463 e. The van der Waals surface area contributed by atoms with E-state index in [1.165, 1.54) is 6.92 Å². The number of carbonyl (C=O) groups is 1. The zero-order chi connectivity index (χ0) is 12.7. The normalized spacial score (nSPS) is 19.4. The Labute approximate surface area is 89.4 Å². The number of hydrogen-bond acceptors (Lipinski definition) is 1. The molecule has 0 N–H and O–H groups in total. The van der Waals surface area contributed by atoms with Crippen LogP contribution in [0.15, 0.2) is 0 Å². The fourth-order valence-electron chi connectivity index (χ4n) is 1.42. The van der Waals surface area contributed by atoms with Gasteiger partial charge in [0.2, 0.25) is 0 Å². The van der Waals surface area contributed by atoms with Crippen molar-refractivity contribution in [2.45, 2.75) is 37.9 Å². The molecule has 7 heteroatoms. The van der Waals surface area contributed by atoms with Crippen molar-refractivity contribution in [2.24, 2.45) is 5.92 Å².